The lowest BCUT2D eigenvalue weighted by Gasteiger charge is -2.23. The Morgan fingerprint density at radius 1 is 1.31 bits per heavy atom. The second kappa shape index (κ2) is 8.50. The van der Waals surface area contributed by atoms with Gasteiger partial charge in [-0.1, -0.05) is 44.8 Å². The van der Waals surface area contributed by atoms with Gasteiger partial charge in [-0.25, -0.2) is 0 Å². The molecule has 0 fully saturated rings. The first-order valence-corrected chi connectivity index (χ1v) is 6.46. The number of nitrogens with zero attached hydrogens (tertiary/aromatic N) is 1. The molecule has 3 nitrogen and oxygen atoms in total. The Balaban J connectivity index is 3.75. The molecule has 0 saturated carbocycles. The lowest BCUT2D eigenvalue weighted by Crippen LogP contribution is -2.42. The van der Waals surface area contributed by atoms with Crippen LogP contribution in [0, 0.1) is 0 Å². The summed E-state index contributed by atoms with van der Waals surface area (Å²) in [6.07, 6.45) is 6.41. The summed E-state index contributed by atoms with van der Waals surface area (Å²) in [7, 11) is 1.76. The Morgan fingerprint density at radius 2 is 1.88 bits per heavy atom. The Kier molecular flexibility index (Phi) is 8.16. The van der Waals surface area contributed by atoms with Gasteiger partial charge in [0.1, 0.15) is 0 Å². The van der Waals surface area contributed by atoms with E-state index >= 15 is 0 Å². The molecule has 0 aromatic carbocycles. The summed E-state index contributed by atoms with van der Waals surface area (Å²) in [6.45, 7) is 4.04. The molecule has 0 aliphatic carbocycles. The molecular formula is C12H24N2OS. The fourth-order valence-electron chi connectivity index (χ4n) is 1.46. The highest BCUT2D eigenvalue weighted by Crippen LogP contribution is 2.07. The molecule has 1 amide bonds. The van der Waals surface area contributed by atoms with Crippen molar-refractivity contribution in [1.29, 1.82) is 0 Å². The van der Waals surface area contributed by atoms with Gasteiger partial charge in [0, 0.05) is 13.5 Å². The molecule has 1 unspecified atom stereocenters. The number of unbranched alkanes of at least 4 members (excludes halogenated alkanes) is 4. The molecular weight excluding hydrogens is 220 g/mol. The van der Waals surface area contributed by atoms with Crippen molar-refractivity contribution in [2.24, 2.45) is 5.73 Å². The maximum Gasteiger partial charge on any atom is 0.222 e. The molecule has 2 N–H and O–H groups in total. The minimum Gasteiger partial charge on any atom is -0.392 e. The van der Waals surface area contributed by atoms with E-state index in [9.17, 15) is 4.79 Å². The Morgan fingerprint density at radius 3 is 2.38 bits per heavy atom. The Bertz CT molecular complexity index is 231. The molecule has 0 aliphatic rings. The van der Waals surface area contributed by atoms with Crippen LogP contribution in [-0.4, -0.2) is 28.9 Å². The molecule has 0 aliphatic heterocycles. The summed E-state index contributed by atoms with van der Waals surface area (Å²) in [5.74, 6) is 0.136. The summed E-state index contributed by atoms with van der Waals surface area (Å²) >= 11 is 4.87. The minimum absolute atomic E-state index is 0.136. The van der Waals surface area contributed by atoms with Crippen LogP contribution in [0.25, 0.3) is 0 Å². The third-order valence-corrected chi connectivity index (χ3v) is 3.22. The average molecular weight is 244 g/mol. The van der Waals surface area contributed by atoms with E-state index in [1.807, 2.05) is 6.92 Å². The number of nitrogens with two attached hydrogens (primary N) is 1. The van der Waals surface area contributed by atoms with Gasteiger partial charge in [0.05, 0.1) is 11.0 Å². The number of hydrogen-bond donors (Lipinski definition) is 1. The van der Waals surface area contributed by atoms with Crippen LogP contribution < -0.4 is 5.73 Å². The van der Waals surface area contributed by atoms with E-state index in [4.69, 9.17) is 18.0 Å². The number of amides is 1. The summed E-state index contributed by atoms with van der Waals surface area (Å²) in [4.78, 5) is 13.8. The number of hydrogen-bond acceptors (Lipinski definition) is 2. The van der Waals surface area contributed by atoms with Crippen molar-refractivity contribution >= 4 is 23.1 Å². The summed E-state index contributed by atoms with van der Waals surface area (Å²) in [5, 5.41) is 0. The normalized spacial score (nSPS) is 12.2. The maximum absolute atomic E-state index is 11.7. The highest BCUT2D eigenvalue weighted by molar-refractivity contribution is 7.80. The van der Waals surface area contributed by atoms with E-state index in [0.717, 1.165) is 12.8 Å². The summed E-state index contributed by atoms with van der Waals surface area (Å²) in [5.41, 5.74) is 5.51. The van der Waals surface area contributed by atoms with Crippen LogP contribution in [0.15, 0.2) is 0 Å². The fraction of sp³-hybridized carbons (Fsp3) is 0.833. The zero-order valence-electron chi connectivity index (χ0n) is 10.7. The SMILES string of the molecule is CCCCCCCC(=O)N(C)C(C)C(N)=S. The highest BCUT2D eigenvalue weighted by Gasteiger charge is 2.16. The predicted molar refractivity (Wildman–Crippen MR) is 72.4 cm³/mol. The lowest BCUT2D eigenvalue weighted by molar-refractivity contribution is -0.130. The van der Waals surface area contributed by atoms with Gasteiger partial charge in [0.2, 0.25) is 5.91 Å². The molecule has 0 saturated heterocycles. The van der Waals surface area contributed by atoms with Gasteiger partial charge in [-0.3, -0.25) is 4.79 Å². The molecule has 0 spiro atoms. The van der Waals surface area contributed by atoms with Gasteiger partial charge in [0.15, 0.2) is 0 Å². The van der Waals surface area contributed by atoms with Gasteiger partial charge < -0.3 is 10.6 Å². The number of carbonyl (C=O) groups is 1. The maximum atomic E-state index is 11.7. The van der Waals surface area contributed by atoms with Crippen LogP contribution in [0.4, 0.5) is 0 Å². The van der Waals surface area contributed by atoms with Crippen molar-refractivity contribution in [3.63, 3.8) is 0 Å². The van der Waals surface area contributed by atoms with Crippen LogP contribution in [0.3, 0.4) is 0 Å². The Hall–Kier alpha value is -0.640. The Labute approximate surface area is 104 Å². The van der Waals surface area contributed by atoms with E-state index in [1.165, 1.54) is 19.3 Å². The highest BCUT2D eigenvalue weighted by atomic mass is 32.1. The van der Waals surface area contributed by atoms with E-state index < -0.39 is 0 Å². The average Bonchev–Trinajstić information content (AvgIpc) is 2.26. The summed E-state index contributed by atoms with van der Waals surface area (Å²) in [6, 6.07) is -0.141. The van der Waals surface area contributed by atoms with E-state index in [1.54, 1.807) is 11.9 Å². The largest absolute Gasteiger partial charge is 0.392 e. The molecule has 94 valence electrons. The molecule has 0 aromatic heterocycles. The van der Waals surface area contributed by atoms with Crippen molar-refractivity contribution in [2.45, 2.75) is 58.4 Å². The first kappa shape index (κ1) is 15.4. The third kappa shape index (κ3) is 6.05. The predicted octanol–water partition coefficient (Wildman–Crippen LogP) is 2.48. The van der Waals surface area contributed by atoms with Crippen molar-refractivity contribution in [3.8, 4) is 0 Å². The van der Waals surface area contributed by atoms with Gasteiger partial charge >= 0.3 is 0 Å². The number of likely N-dealkylation sites (N-methyl/N-ethyl adjacent to an activating group) is 1. The van der Waals surface area contributed by atoms with Gasteiger partial charge in [-0.05, 0) is 13.3 Å². The van der Waals surface area contributed by atoms with Gasteiger partial charge in [-0.2, -0.15) is 0 Å². The topological polar surface area (TPSA) is 46.3 Å². The molecule has 0 rings (SSSR count). The van der Waals surface area contributed by atoms with Crippen LogP contribution >= 0.6 is 12.2 Å². The summed E-state index contributed by atoms with van der Waals surface area (Å²) < 4.78 is 0. The lowest BCUT2D eigenvalue weighted by atomic mass is 10.1. The molecule has 1 atom stereocenters. The standard InChI is InChI=1S/C12H24N2OS/c1-4-5-6-7-8-9-11(15)14(3)10(2)12(13)16/h10H,4-9H2,1-3H3,(H2,13,16). The van der Waals surface area contributed by atoms with Crippen LogP contribution in [-0.2, 0) is 4.79 Å². The van der Waals surface area contributed by atoms with Crippen LogP contribution in [0.1, 0.15) is 52.4 Å². The van der Waals surface area contributed by atoms with E-state index in [0.29, 0.717) is 11.4 Å². The molecule has 16 heavy (non-hydrogen) atoms. The van der Waals surface area contributed by atoms with E-state index in [-0.39, 0.29) is 11.9 Å². The van der Waals surface area contributed by atoms with Crippen LogP contribution in [0.5, 0.6) is 0 Å². The quantitative estimate of drug-likeness (QED) is 0.527. The number of rotatable bonds is 8. The fourth-order valence-corrected chi connectivity index (χ4v) is 1.62. The molecule has 0 aromatic rings. The third-order valence-electron chi connectivity index (χ3n) is 2.88. The molecule has 0 heterocycles. The number of carbonyl (C=O) groups excluding carboxylic acids is 1. The minimum atomic E-state index is -0.141. The zero-order valence-corrected chi connectivity index (χ0v) is 11.5. The molecule has 4 heteroatoms. The van der Waals surface area contributed by atoms with Crippen molar-refractivity contribution in [2.75, 3.05) is 7.05 Å². The van der Waals surface area contributed by atoms with Crippen molar-refractivity contribution in [3.05, 3.63) is 0 Å². The first-order chi connectivity index (χ1) is 7.50. The van der Waals surface area contributed by atoms with E-state index in [2.05, 4.69) is 6.92 Å². The molecule has 0 bridgehead atoms. The first-order valence-electron chi connectivity index (χ1n) is 6.05. The van der Waals surface area contributed by atoms with Crippen LogP contribution in [0.2, 0.25) is 0 Å². The zero-order chi connectivity index (χ0) is 12.6. The smallest absolute Gasteiger partial charge is 0.222 e. The van der Waals surface area contributed by atoms with Crippen molar-refractivity contribution in [1.82, 2.24) is 4.90 Å². The monoisotopic (exact) mass is 244 g/mol. The second-order valence-electron chi connectivity index (χ2n) is 4.25. The number of thiocarbonyl (C=S) groups is 1. The van der Waals surface area contributed by atoms with Gasteiger partial charge in [-0.15, -0.1) is 0 Å². The van der Waals surface area contributed by atoms with Crippen molar-refractivity contribution < 1.29 is 4.79 Å². The van der Waals surface area contributed by atoms with Gasteiger partial charge in [0.25, 0.3) is 0 Å². The molecule has 0 radical (unpaired) electrons. The second-order valence-corrected chi connectivity index (χ2v) is 4.72.